The first-order valence-electron chi connectivity index (χ1n) is 7.47. The standard InChI is InChI=1S/C16H24F2N2/c1-12(11-20-7-3-4-8-20)10-19-13(2)15-9-14(17)5-6-16(15)18/h5-6,9,12-13,19H,3-4,7-8,10-11H2,1-2H3. The third-order valence-corrected chi connectivity index (χ3v) is 3.97. The minimum absolute atomic E-state index is 0.174. The van der Waals surface area contributed by atoms with Crippen LogP contribution in [0.1, 0.15) is 38.3 Å². The van der Waals surface area contributed by atoms with Crippen LogP contribution in [0.25, 0.3) is 0 Å². The molecule has 2 nitrogen and oxygen atoms in total. The topological polar surface area (TPSA) is 15.3 Å². The SMILES string of the molecule is CC(CNC(C)c1cc(F)ccc1F)CN1CCCC1. The summed E-state index contributed by atoms with van der Waals surface area (Å²) in [5.41, 5.74) is 0.401. The third kappa shape index (κ3) is 4.25. The van der Waals surface area contributed by atoms with Crippen LogP contribution in [0.15, 0.2) is 18.2 Å². The molecule has 0 amide bonds. The van der Waals surface area contributed by atoms with E-state index >= 15 is 0 Å². The second kappa shape index (κ2) is 7.14. The molecule has 20 heavy (non-hydrogen) atoms. The Labute approximate surface area is 120 Å². The van der Waals surface area contributed by atoms with Crippen LogP contribution in [0.4, 0.5) is 8.78 Å². The summed E-state index contributed by atoms with van der Waals surface area (Å²) >= 11 is 0. The first-order chi connectivity index (χ1) is 9.56. The van der Waals surface area contributed by atoms with Crippen molar-refractivity contribution in [2.24, 2.45) is 5.92 Å². The molecular formula is C16H24F2N2. The maximum atomic E-state index is 13.7. The van der Waals surface area contributed by atoms with Gasteiger partial charge in [0.2, 0.25) is 0 Å². The number of likely N-dealkylation sites (tertiary alicyclic amines) is 1. The van der Waals surface area contributed by atoms with Gasteiger partial charge >= 0.3 is 0 Å². The van der Waals surface area contributed by atoms with Gasteiger partial charge in [0, 0.05) is 18.2 Å². The van der Waals surface area contributed by atoms with Crippen LogP contribution < -0.4 is 5.32 Å². The molecular weight excluding hydrogens is 258 g/mol. The largest absolute Gasteiger partial charge is 0.310 e. The molecule has 112 valence electrons. The maximum absolute atomic E-state index is 13.7. The fraction of sp³-hybridized carbons (Fsp3) is 0.625. The van der Waals surface area contributed by atoms with Crippen molar-refractivity contribution in [2.45, 2.75) is 32.7 Å². The lowest BCUT2D eigenvalue weighted by Crippen LogP contribution is -2.33. The molecule has 0 aromatic heterocycles. The highest BCUT2D eigenvalue weighted by Gasteiger charge is 2.16. The van der Waals surface area contributed by atoms with Crippen molar-refractivity contribution in [3.63, 3.8) is 0 Å². The number of benzene rings is 1. The Morgan fingerprint density at radius 3 is 2.60 bits per heavy atom. The molecule has 1 N–H and O–H groups in total. The van der Waals surface area contributed by atoms with Crippen molar-refractivity contribution in [3.05, 3.63) is 35.4 Å². The molecule has 1 saturated heterocycles. The summed E-state index contributed by atoms with van der Waals surface area (Å²) in [7, 11) is 0. The summed E-state index contributed by atoms with van der Waals surface area (Å²) < 4.78 is 26.8. The summed E-state index contributed by atoms with van der Waals surface area (Å²) in [5.74, 6) is -0.231. The molecule has 2 unspecified atom stereocenters. The van der Waals surface area contributed by atoms with Crippen LogP contribution in [0.5, 0.6) is 0 Å². The third-order valence-electron chi connectivity index (χ3n) is 3.97. The molecule has 1 heterocycles. The molecule has 1 aromatic rings. The van der Waals surface area contributed by atoms with Crippen LogP contribution in [0.3, 0.4) is 0 Å². The molecule has 0 bridgehead atoms. The first kappa shape index (κ1) is 15.4. The zero-order valence-electron chi connectivity index (χ0n) is 12.3. The quantitative estimate of drug-likeness (QED) is 0.861. The summed E-state index contributed by atoms with van der Waals surface area (Å²) in [6.45, 7) is 8.34. The highest BCUT2D eigenvalue weighted by molar-refractivity contribution is 5.21. The van der Waals surface area contributed by atoms with Gasteiger partial charge in [-0.2, -0.15) is 0 Å². The number of nitrogens with one attached hydrogen (secondary N) is 1. The van der Waals surface area contributed by atoms with E-state index in [0.717, 1.165) is 19.2 Å². The Balaban J connectivity index is 1.81. The van der Waals surface area contributed by atoms with E-state index in [2.05, 4.69) is 17.1 Å². The van der Waals surface area contributed by atoms with E-state index in [1.807, 2.05) is 6.92 Å². The van der Waals surface area contributed by atoms with E-state index in [9.17, 15) is 8.78 Å². The Hall–Kier alpha value is -1.00. The maximum Gasteiger partial charge on any atom is 0.128 e. The van der Waals surface area contributed by atoms with Crippen molar-refractivity contribution in [1.29, 1.82) is 0 Å². The van der Waals surface area contributed by atoms with Crippen LogP contribution in [-0.4, -0.2) is 31.1 Å². The summed E-state index contributed by atoms with van der Waals surface area (Å²) in [4.78, 5) is 2.47. The Morgan fingerprint density at radius 1 is 1.20 bits per heavy atom. The van der Waals surface area contributed by atoms with Gasteiger partial charge < -0.3 is 10.2 Å². The van der Waals surface area contributed by atoms with Crippen LogP contribution >= 0.6 is 0 Å². The van der Waals surface area contributed by atoms with Gasteiger partial charge in [-0.3, -0.25) is 0 Å². The molecule has 0 spiro atoms. The molecule has 4 heteroatoms. The highest BCUT2D eigenvalue weighted by Crippen LogP contribution is 2.18. The smallest absolute Gasteiger partial charge is 0.128 e. The predicted octanol–water partition coefficient (Wildman–Crippen LogP) is 3.35. The van der Waals surface area contributed by atoms with Gasteiger partial charge in [0.1, 0.15) is 11.6 Å². The van der Waals surface area contributed by atoms with Crippen molar-refractivity contribution >= 4 is 0 Å². The second-order valence-electron chi connectivity index (χ2n) is 5.91. The van der Waals surface area contributed by atoms with Crippen molar-refractivity contribution in [1.82, 2.24) is 10.2 Å². The van der Waals surface area contributed by atoms with E-state index in [-0.39, 0.29) is 17.7 Å². The Kier molecular flexibility index (Phi) is 5.49. The molecule has 1 fully saturated rings. The number of rotatable bonds is 6. The van der Waals surface area contributed by atoms with Crippen molar-refractivity contribution < 1.29 is 8.78 Å². The Morgan fingerprint density at radius 2 is 1.90 bits per heavy atom. The Bertz CT molecular complexity index is 430. The molecule has 0 aliphatic carbocycles. The molecule has 1 aliphatic heterocycles. The minimum atomic E-state index is -0.389. The molecule has 1 aromatic carbocycles. The van der Waals surface area contributed by atoms with Gasteiger partial charge in [0.25, 0.3) is 0 Å². The lowest BCUT2D eigenvalue weighted by Gasteiger charge is -2.23. The van der Waals surface area contributed by atoms with Crippen molar-refractivity contribution in [3.8, 4) is 0 Å². The average Bonchev–Trinajstić information content (AvgIpc) is 2.91. The summed E-state index contributed by atoms with van der Waals surface area (Å²) in [6, 6.07) is 3.45. The minimum Gasteiger partial charge on any atom is -0.310 e. The molecule has 2 atom stereocenters. The van der Waals surface area contributed by atoms with Gasteiger partial charge in [-0.25, -0.2) is 8.78 Å². The normalized spacial score (nSPS) is 19.2. The van der Waals surface area contributed by atoms with Crippen molar-refractivity contribution in [2.75, 3.05) is 26.2 Å². The lowest BCUT2D eigenvalue weighted by molar-refractivity contribution is 0.278. The monoisotopic (exact) mass is 282 g/mol. The van der Waals surface area contributed by atoms with Gasteiger partial charge in [-0.15, -0.1) is 0 Å². The van der Waals surface area contributed by atoms with Crippen LogP contribution in [-0.2, 0) is 0 Å². The fourth-order valence-electron chi connectivity index (χ4n) is 2.80. The molecule has 1 aliphatic rings. The predicted molar refractivity (Wildman–Crippen MR) is 77.6 cm³/mol. The lowest BCUT2D eigenvalue weighted by atomic mass is 10.1. The second-order valence-corrected chi connectivity index (χ2v) is 5.91. The average molecular weight is 282 g/mol. The number of nitrogens with zero attached hydrogens (tertiary/aromatic N) is 1. The van der Waals surface area contributed by atoms with Crippen LogP contribution in [0, 0.1) is 17.6 Å². The zero-order chi connectivity index (χ0) is 14.5. The molecule has 2 rings (SSSR count). The van der Waals surface area contributed by atoms with Gasteiger partial charge in [-0.05, 0) is 63.5 Å². The fourth-order valence-corrected chi connectivity index (χ4v) is 2.80. The summed E-state index contributed by atoms with van der Waals surface area (Å²) in [5, 5.41) is 3.31. The van der Waals surface area contributed by atoms with E-state index in [1.54, 1.807) is 0 Å². The first-order valence-corrected chi connectivity index (χ1v) is 7.47. The molecule has 0 saturated carbocycles. The molecule has 0 radical (unpaired) electrons. The van der Waals surface area contributed by atoms with Gasteiger partial charge in [0.15, 0.2) is 0 Å². The number of halogens is 2. The van der Waals surface area contributed by atoms with E-state index in [4.69, 9.17) is 0 Å². The zero-order valence-corrected chi connectivity index (χ0v) is 12.3. The van der Waals surface area contributed by atoms with E-state index in [0.29, 0.717) is 11.5 Å². The van der Waals surface area contributed by atoms with Crippen LogP contribution in [0.2, 0.25) is 0 Å². The van der Waals surface area contributed by atoms with E-state index in [1.165, 1.54) is 38.1 Å². The van der Waals surface area contributed by atoms with Gasteiger partial charge in [0.05, 0.1) is 0 Å². The number of hydrogen-bond donors (Lipinski definition) is 1. The highest BCUT2D eigenvalue weighted by atomic mass is 19.1. The van der Waals surface area contributed by atoms with E-state index < -0.39 is 0 Å². The van der Waals surface area contributed by atoms with Gasteiger partial charge in [-0.1, -0.05) is 6.92 Å². The number of hydrogen-bond acceptors (Lipinski definition) is 2. The summed E-state index contributed by atoms with van der Waals surface area (Å²) in [6.07, 6.45) is 2.59.